The number of thiophene rings is 1. The summed E-state index contributed by atoms with van der Waals surface area (Å²) in [6, 6.07) is 6.49. The van der Waals surface area contributed by atoms with Crippen LogP contribution in [0.15, 0.2) is 22.7 Å². The molecule has 1 heterocycles. The summed E-state index contributed by atoms with van der Waals surface area (Å²) in [5.41, 5.74) is 1.35. The molecule has 1 aromatic heterocycles. The van der Waals surface area contributed by atoms with Crippen LogP contribution in [-0.2, 0) is 0 Å². The summed E-state index contributed by atoms with van der Waals surface area (Å²) in [5, 5.41) is 1.35. The van der Waals surface area contributed by atoms with Gasteiger partial charge in [0.1, 0.15) is 0 Å². The summed E-state index contributed by atoms with van der Waals surface area (Å²) in [4.78, 5) is 0. The van der Waals surface area contributed by atoms with E-state index in [0.29, 0.717) is 0 Å². The Morgan fingerprint density at radius 3 is 2.92 bits per heavy atom. The van der Waals surface area contributed by atoms with E-state index in [1.54, 1.807) is 0 Å². The second-order valence-electron chi connectivity index (χ2n) is 2.64. The molecule has 0 amide bonds. The summed E-state index contributed by atoms with van der Waals surface area (Å²) in [5.74, 6) is 0. The molecule has 0 atom stereocenters. The van der Waals surface area contributed by atoms with E-state index in [0.717, 1.165) is 0 Å². The van der Waals surface area contributed by atoms with Gasteiger partial charge in [0.05, 0.1) is 2.88 Å². The van der Waals surface area contributed by atoms with Crippen molar-refractivity contribution in [1.29, 1.82) is 0 Å². The predicted molar refractivity (Wildman–Crippen MR) is 67.0 cm³/mol. The third-order valence-corrected chi connectivity index (χ3v) is 4.73. The van der Waals surface area contributed by atoms with Crippen LogP contribution in [0.4, 0.5) is 0 Å². The van der Waals surface area contributed by atoms with Gasteiger partial charge in [-0.05, 0) is 52.6 Å². The lowest BCUT2D eigenvalue weighted by atomic mass is 10.2. The van der Waals surface area contributed by atoms with Crippen molar-refractivity contribution >= 4 is 59.9 Å². The molecule has 1 aromatic carbocycles. The van der Waals surface area contributed by atoms with Crippen LogP contribution in [-0.4, -0.2) is 0 Å². The second-order valence-corrected chi connectivity index (χ2v) is 6.44. The first-order valence-electron chi connectivity index (χ1n) is 3.52. The molecule has 0 nitrogen and oxygen atoms in total. The highest BCUT2D eigenvalue weighted by molar-refractivity contribution is 14.1. The van der Waals surface area contributed by atoms with Crippen molar-refractivity contribution in [2.75, 3.05) is 0 Å². The first-order valence-corrected chi connectivity index (χ1v) is 6.21. The first-order chi connectivity index (χ1) is 5.68. The minimum atomic E-state index is 1.20. The van der Waals surface area contributed by atoms with Crippen molar-refractivity contribution in [3.8, 4) is 0 Å². The van der Waals surface area contributed by atoms with Crippen molar-refractivity contribution in [3.05, 3.63) is 31.1 Å². The SMILES string of the molecule is Cc1c(Br)ccc2cc(I)sc12. The maximum atomic E-state index is 3.53. The molecule has 0 aliphatic rings. The quantitative estimate of drug-likeness (QED) is 0.609. The normalized spacial score (nSPS) is 10.9. The van der Waals surface area contributed by atoms with Gasteiger partial charge in [-0.3, -0.25) is 0 Å². The third-order valence-electron chi connectivity index (χ3n) is 1.84. The molecule has 0 aliphatic carbocycles. The Morgan fingerprint density at radius 2 is 2.17 bits per heavy atom. The topological polar surface area (TPSA) is 0 Å². The van der Waals surface area contributed by atoms with Gasteiger partial charge >= 0.3 is 0 Å². The molecule has 0 aliphatic heterocycles. The van der Waals surface area contributed by atoms with Crippen molar-refractivity contribution in [1.82, 2.24) is 0 Å². The van der Waals surface area contributed by atoms with Gasteiger partial charge in [0.25, 0.3) is 0 Å². The average Bonchev–Trinajstić information content (AvgIpc) is 2.39. The Labute approximate surface area is 97.2 Å². The number of benzene rings is 1. The standard InChI is InChI=1S/C9H6BrIS/c1-5-7(10)3-2-6-4-8(11)12-9(5)6/h2-4H,1H3. The lowest BCUT2D eigenvalue weighted by Gasteiger charge is -1.97. The number of halogens is 2. The van der Waals surface area contributed by atoms with E-state index in [2.05, 4.69) is 63.6 Å². The van der Waals surface area contributed by atoms with Crippen molar-refractivity contribution < 1.29 is 0 Å². The molecule has 12 heavy (non-hydrogen) atoms. The molecule has 0 unspecified atom stereocenters. The summed E-state index contributed by atoms with van der Waals surface area (Å²) in [6.07, 6.45) is 0. The molecule has 2 rings (SSSR count). The lowest BCUT2D eigenvalue weighted by molar-refractivity contribution is 1.51. The number of rotatable bonds is 0. The van der Waals surface area contributed by atoms with E-state index >= 15 is 0 Å². The van der Waals surface area contributed by atoms with Gasteiger partial charge in [-0.15, -0.1) is 11.3 Å². The predicted octanol–water partition coefficient (Wildman–Crippen LogP) is 4.58. The summed E-state index contributed by atoms with van der Waals surface area (Å²) < 4.78 is 3.95. The fourth-order valence-electron chi connectivity index (χ4n) is 1.19. The summed E-state index contributed by atoms with van der Waals surface area (Å²) in [6.45, 7) is 2.15. The van der Waals surface area contributed by atoms with E-state index in [-0.39, 0.29) is 0 Å². The van der Waals surface area contributed by atoms with Crippen molar-refractivity contribution in [2.24, 2.45) is 0 Å². The minimum absolute atomic E-state index is 1.20. The first kappa shape index (κ1) is 8.97. The molecule has 0 spiro atoms. The van der Waals surface area contributed by atoms with Gasteiger partial charge in [-0.2, -0.15) is 0 Å². The van der Waals surface area contributed by atoms with E-state index in [1.807, 2.05) is 11.3 Å². The van der Waals surface area contributed by atoms with E-state index < -0.39 is 0 Å². The minimum Gasteiger partial charge on any atom is -0.129 e. The van der Waals surface area contributed by atoms with Gasteiger partial charge < -0.3 is 0 Å². The highest BCUT2D eigenvalue weighted by atomic mass is 127. The molecular weight excluding hydrogens is 347 g/mol. The molecule has 0 radical (unpaired) electrons. The maximum absolute atomic E-state index is 3.53. The molecule has 0 saturated carbocycles. The van der Waals surface area contributed by atoms with E-state index in [1.165, 1.54) is 23.0 Å². The maximum Gasteiger partial charge on any atom is 0.0666 e. The monoisotopic (exact) mass is 352 g/mol. The molecule has 0 saturated heterocycles. The van der Waals surface area contributed by atoms with Gasteiger partial charge in [-0.1, -0.05) is 22.0 Å². The molecule has 0 bridgehead atoms. The van der Waals surface area contributed by atoms with Crippen LogP contribution in [0.5, 0.6) is 0 Å². The van der Waals surface area contributed by atoms with Crippen LogP contribution in [0, 0.1) is 9.81 Å². The van der Waals surface area contributed by atoms with Crippen LogP contribution < -0.4 is 0 Å². The summed E-state index contributed by atoms with van der Waals surface area (Å²) >= 11 is 7.74. The van der Waals surface area contributed by atoms with Crippen LogP contribution >= 0.6 is 49.9 Å². The number of fused-ring (bicyclic) bond motifs is 1. The van der Waals surface area contributed by atoms with Crippen LogP contribution in [0.25, 0.3) is 10.1 Å². The third kappa shape index (κ3) is 1.42. The molecule has 62 valence electrons. The fourth-order valence-corrected chi connectivity index (χ4v) is 3.53. The largest absolute Gasteiger partial charge is 0.129 e. The number of hydrogen-bond donors (Lipinski definition) is 0. The highest BCUT2D eigenvalue weighted by Crippen LogP contribution is 2.32. The second kappa shape index (κ2) is 3.27. The van der Waals surface area contributed by atoms with Crippen LogP contribution in [0.1, 0.15) is 5.56 Å². The zero-order valence-corrected chi connectivity index (χ0v) is 11.0. The molecular formula is C9H6BrIS. The number of aryl methyl sites for hydroxylation is 1. The lowest BCUT2D eigenvalue weighted by Crippen LogP contribution is -1.73. The zero-order chi connectivity index (χ0) is 8.72. The van der Waals surface area contributed by atoms with E-state index in [9.17, 15) is 0 Å². The average molecular weight is 353 g/mol. The molecule has 3 heteroatoms. The molecule has 0 fully saturated rings. The highest BCUT2D eigenvalue weighted by Gasteiger charge is 2.04. The molecule has 2 aromatic rings. The van der Waals surface area contributed by atoms with Gasteiger partial charge in [0, 0.05) is 9.17 Å². The van der Waals surface area contributed by atoms with Crippen molar-refractivity contribution in [3.63, 3.8) is 0 Å². The Balaban J connectivity index is 2.89. The zero-order valence-electron chi connectivity index (χ0n) is 6.40. The Kier molecular flexibility index (Phi) is 2.44. The van der Waals surface area contributed by atoms with Gasteiger partial charge in [-0.25, -0.2) is 0 Å². The van der Waals surface area contributed by atoms with Crippen molar-refractivity contribution in [2.45, 2.75) is 6.92 Å². The Bertz CT molecular complexity index is 433. The van der Waals surface area contributed by atoms with Gasteiger partial charge in [0.15, 0.2) is 0 Å². The van der Waals surface area contributed by atoms with Crippen LogP contribution in [0.2, 0.25) is 0 Å². The smallest absolute Gasteiger partial charge is 0.0666 e. The van der Waals surface area contributed by atoms with E-state index in [4.69, 9.17) is 0 Å². The number of hydrogen-bond acceptors (Lipinski definition) is 1. The Morgan fingerprint density at radius 1 is 1.42 bits per heavy atom. The molecule has 0 N–H and O–H groups in total. The fraction of sp³-hybridized carbons (Fsp3) is 0.111. The Hall–Kier alpha value is 0.390. The van der Waals surface area contributed by atoms with Crippen LogP contribution in [0.3, 0.4) is 0 Å². The summed E-state index contributed by atoms with van der Waals surface area (Å²) in [7, 11) is 0. The van der Waals surface area contributed by atoms with Gasteiger partial charge in [0.2, 0.25) is 0 Å².